The molecule has 1 aliphatic heterocycles. The summed E-state index contributed by atoms with van der Waals surface area (Å²) < 4.78 is 23.8. The molecule has 0 spiro atoms. The molecule has 1 unspecified atom stereocenters. The van der Waals surface area contributed by atoms with Gasteiger partial charge in [-0.05, 0) is 42.6 Å². The van der Waals surface area contributed by atoms with Crippen LogP contribution in [0.5, 0.6) is 5.75 Å². The van der Waals surface area contributed by atoms with E-state index in [0.29, 0.717) is 17.8 Å². The molecule has 2 rings (SSSR count). The summed E-state index contributed by atoms with van der Waals surface area (Å²) in [6.07, 6.45) is 1.20. The monoisotopic (exact) mass is 346 g/mol. The van der Waals surface area contributed by atoms with Gasteiger partial charge in [-0.25, -0.2) is 4.39 Å². The molecule has 4 nitrogen and oxygen atoms in total. The number of rotatable bonds is 9. The minimum atomic E-state index is -0.240. The molecule has 1 heterocycles. The fourth-order valence-electron chi connectivity index (χ4n) is 2.86. The Bertz CT molecular complexity index is 439. The number of methoxy groups -OCH3 is 1. The zero-order chi connectivity index (χ0) is 15.8. The number of nitrogens with zero attached hydrogens (tertiary/aromatic N) is 1. The summed E-state index contributed by atoms with van der Waals surface area (Å²) in [5.41, 5.74) is 0.323. The van der Waals surface area contributed by atoms with Gasteiger partial charge in [-0.15, -0.1) is 12.4 Å². The van der Waals surface area contributed by atoms with Gasteiger partial charge in [-0.3, -0.25) is 4.90 Å². The van der Waals surface area contributed by atoms with E-state index in [-0.39, 0.29) is 18.2 Å². The maximum absolute atomic E-state index is 12.9. The minimum absolute atomic E-state index is 0. The maximum Gasteiger partial charge on any atom is 0.123 e. The van der Waals surface area contributed by atoms with Crippen LogP contribution in [0.4, 0.5) is 4.39 Å². The summed E-state index contributed by atoms with van der Waals surface area (Å²) in [4.78, 5) is 2.39. The van der Waals surface area contributed by atoms with Gasteiger partial charge in [-0.2, -0.15) is 0 Å². The normalized spacial score (nSPS) is 20.5. The van der Waals surface area contributed by atoms with Crippen LogP contribution in [0.25, 0.3) is 0 Å². The number of halogens is 2. The van der Waals surface area contributed by atoms with Crippen molar-refractivity contribution in [2.24, 2.45) is 5.41 Å². The molecular formula is C17H28ClFN2O2. The summed E-state index contributed by atoms with van der Waals surface area (Å²) in [6, 6.07) is 6.17. The molecule has 1 N–H and O–H groups in total. The van der Waals surface area contributed by atoms with Crippen LogP contribution in [0.2, 0.25) is 0 Å². The first kappa shape index (κ1) is 20.2. The van der Waals surface area contributed by atoms with E-state index < -0.39 is 0 Å². The van der Waals surface area contributed by atoms with E-state index >= 15 is 0 Å². The third-order valence-electron chi connectivity index (χ3n) is 4.16. The first-order valence-electron chi connectivity index (χ1n) is 7.92. The van der Waals surface area contributed by atoms with Gasteiger partial charge in [0.05, 0.1) is 6.61 Å². The van der Waals surface area contributed by atoms with Gasteiger partial charge in [-0.1, -0.05) is 6.92 Å². The van der Waals surface area contributed by atoms with Crippen LogP contribution >= 0.6 is 12.4 Å². The number of hydrogen-bond donors (Lipinski definition) is 1. The molecule has 0 amide bonds. The SMILES string of the molecule is COCCN(CCOc1ccc(F)cc1)CC1(C)CCNC1.Cl. The van der Waals surface area contributed by atoms with Crippen molar-refractivity contribution in [3.63, 3.8) is 0 Å². The lowest BCUT2D eigenvalue weighted by molar-refractivity contribution is 0.105. The Hall–Kier alpha value is -0.880. The molecule has 1 aromatic carbocycles. The van der Waals surface area contributed by atoms with E-state index in [1.807, 2.05) is 0 Å². The first-order valence-corrected chi connectivity index (χ1v) is 7.92. The van der Waals surface area contributed by atoms with E-state index in [4.69, 9.17) is 9.47 Å². The van der Waals surface area contributed by atoms with Crippen LogP contribution < -0.4 is 10.1 Å². The third-order valence-corrected chi connectivity index (χ3v) is 4.16. The summed E-state index contributed by atoms with van der Waals surface area (Å²) in [7, 11) is 1.73. The van der Waals surface area contributed by atoms with Gasteiger partial charge < -0.3 is 14.8 Å². The highest BCUT2D eigenvalue weighted by atomic mass is 35.5. The Kier molecular flexibility index (Phi) is 8.84. The quantitative estimate of drug-likeness (QED) is 0.745. The van der Waals surface area contributed by atoms with Gasteiger partial charge in [0.15, 0.2) is 0 Å². The van der Waals surface area contributed by atoms with E-state index in [1.165, 1.54) is 18.6 Å². The number of hydrogen-bond acceptors (Lipinski definition) is 4. The Morgan fingerprint density at radius 1 is 1.22 bits per heavy atom. The maximum atomic E-state index is 12.9. The van der Waals surface area contributed by atoms with Gasteiger partial charge in [0.2, 0.25) is 0 Å². The van der Waals surface area contributed by atoms with Gasteiger partial charge >= 0.3 is 0 Å². The lowest BCUT2D eigenvalue weighted by atomic mass is 9.89. The molecule has 1 saturated heterocycles. The second-order valence-corrected chi connectivity index (χ2v) is 6.31. The number of nitrogens with one attached hydrogen (secondary N) is 1. The van der Waals surface area contributed by atoms with Crippen LogP contribution in [-0.2, 0) is 4.74 Å². The van der Waals surface area contributed by atoms with E-state index in [2.05, 4.69) is 17.1 Å². The molecule has 23 heavy (non-hydrogen) atoms. The van der Waals surface area contributed by atoms with Crippen molar-refractivity contribution in [3.8, 4) is 5.75 Å². The average Bonchev–Trinajstić information content (AvgIpc) is 2.93. The fraction of sp³-hybridized carbons (Fsp3) is 0.647. The molecule has 6 heteroatoms. The van der Waals surface area contributed by atoms with Crippen molar-refractivity contribution in [2.75, 3.05) is 53.0 Å². The Balaban J connectivity index is 0.00000264. The van der Waals surface area contributed by atoms with Crippen LogP contribution in [0, 0.1) is 11.2 Å². The van der Waals surface area contributed by atoms with Crippen molar-refractivity contribution in [1.82, 2.24) is 10.2 Å². The topological polar surface area (TPSA) is 33.7 Å². The van der Waals surface area contributed by atoms with E-state index in [1.54, 1.807) is 19.2 Å². The molecule has 0 aliphatic carbocycles. The summed E-state index contributed by atoms with van der Waals surface area (Å²) in [5, 5.41) is 3.44. The lowest BCUT2D eigenvalue weighted by Crippen LogP contribution is -2.41. The van der Waals surface area contributed by atoms with Gasteiger partial charge in [0, 0.05) is 33.3 Å². The first-order chi connectivity index (χ1) is 10.6. The second-order valence-electron chi connectivity index (χ2n) is 6.31. The van der Waals surface area contributed by atoms with Crippen molar-refractivity contribution < 1.29 is 13.9 Å². The molecule has 0 aromatic heterocycles. The molecule has 1 atom stereocenters. The standard InChI is InChI=1S/C17H27FN2O2.ClH/c1-17(7-8-19-13-17)14-20(9-11-21-2)10-12-22-16-5-3-15(18)4-6-16;/h3-6,19H,7-14H2,1-2H3;1H. The van der Waals surface area contributed by atoms with Crippen LogP contribution in [0.15, 0.2) is 24.3 Å². The lowest BCUT2D eigenvalue weighted by Gasteiger charge is -2.31. The van der Waals surface area contributed by atoms with E-state index in [9.17, 15) is 4.39 Å². The van der Waals surface area contributed by atoms with Crippen molar-refractivity contribution >= 4 is 12.4 Å². The van der Waals surface area contributed by atoms with Crippen molar-refractivity contribution in [2.45, 2.75) is 13.3 Å². The largest absolute Gasteiger partial charge is 0.492 e. The molecule has 0 saturated carbocycles. The molecule has 1 aromatic rings. The Morgan fingerprint density at radius 3 is 2.52 bits per heavy atom. The molecule has 1 aliphatic rings. The van der Waals surface area contributed by atoms with Crippen molar-refractivity contribution in [1.29, 1.82) is 0 Å². The highest BCUT2D eigenvalue weighted by Gasteiger charge is 2.30. The highest BCUT2D eigenvalue weighted by Crippen LogP contribution is 2.25. The van der Waals surface area contributed by atoms with Crippen LogP contribution in [0.3, 0.4) is 0 Å². The Morgan fingerprint density at radius 2 is 1.91 bits per heavy atom. The van der Waals surface area contributed by atoms with Crippen LogP contribution in [0.1, 0.15) is 13.3 Å². The molecule has 132 valence electrons. The fourth-order valence-corrected chi connectivity index (χ4v) is 2.86. The van der Waals surface area contributed by atoms with Crippen LogP contribution in [-0.4, -0.2) is 57.9 Å². The Labute approximate surface area is 144 Å². The predicted octanol–water partition coefficient (Wildman–Crippen LogP) is 2.57. The summed E-state index contributed by atoms with van der Waals surface area (Å²) in [5.74, 6) is 0.470. The second kappa shape index (κ2) is 10.1. The number of ether oxygens (including phenoxy) is 2. The van der Waals surface area contributed by atoms with Gasteiger partial charge in [0.25, 0.3) is 0 Å². The zero-order valence-corrected chi connectivity index (χ0v) is 14.8. The molecular weight excluding hydrogens is 319 g/mol. The highest BCUT2D eigenvalue weighted by molar-refractivity contribution is 5.85. The molecule has 0 bridgehead atoms. The van der Waals surface area contributed by atoms with Gasteiger partial charge in [0.1, 0.15) is 18.2 Å². The zero-order valence-electron chi connectivity index (χ0n) is 14.0. The molecule has 0 radical (unpaired) electrons. The smallest absolute Gasteiger partial charge is 0.123 e. The average molecular weight is 347 g/mol. The summed E-state index contributed by atoms with van der Waals surface area (Å²) >= 11 is 0. The summed E-state index contributed by atoms with van der Waals surface area (Å²) in [6.45, 7) is 8.59. The van der Waals surface area contributed by atoms with Crippen molar-refractivity contribution in [3.05, 3.63) is 30.1 Å². The number of benzene rings is 1. The minimum Gasteiger partial charge on any atom is -0.492 e. The molecule has 1 fully saturated rings. The third kappa shape index (κ3) is 7.04. The predicted molar refractivity (Wildman–Crippen MR) is 93.1 cm³/mol. The van der Waals surface area contributed by atoms with E-state index in [0.717, 1.165) is 39.3 Å².